The summed E-state index contributed by atoms with van der Waals surface area (Å²) in [4.78, 5) is 22.3. The van der Waals surface area contributed by atoms with Crippen LogP contribution in [0.25, 0.3) is 11.0 Å². The van der Waals surface area contributed by atoms with Gasteiger partial charge in [0.25, 0.3) is 5.91 Å². The van der Waals surface area contributed by atoms with Gasteiger partial charge in [-0.25, -0.2) is 4.98 Å². The fraction of sp³-hybridized carbons (Fsp3) is 0.300. The van der Waals surface area contributed by atoms with E-state index in [1.165, 1.54) is 12.0 Å². The Bertz CT molecular complexity index is 840. The molecule has 1 unspecified atom stereocenters. The molecule has 3 aromatic rings. The SMILES string of the molecule is O=C(c1ccc2nc[nH]c2c1)N1CCCCC(c2ccccc2)C1. The Morgan fingerprint density at radius 1 is 1.12 bits per heavy atom. The summed E-state index contributed by atoms with van der Waals surface area (Å²) in [6, 6.07) is 16.3. The molecule has 0 bridgehead atoms. The fourth-order valence-electron chi connectivity index (χ4n) is 3.57. The van der Waals surface area contributed by atoms with Crippen LogP contribution in [0.15, 0.2) is 54.9 Å². The van der Waals surface area contributed by atoms with E-state index >= 15 is 0 Å². The third kappa shape index (κ3) is 2.92. The summed E-state index contributed by atoms with van der Waals surface area (Å²) in [6.07, 6.45) is 5.05. The molecule has 0 saturated carbocycles. The molecule has 1 aliphatic heterocycles. The normalized spacial score (nSPS) is 18.5. The van der Waals surface area contributed by atoms with Gasteiger partial charge in [-0.15, -0.1) is 0 Å². The first-order chi connectivity index (χ1) is 11.8. The van der Waals surface area contributed by atoms with Gasteiger partial charge < -0.3 is 9.88 Å². The third-order valence-electron chi connectivity index (χ3n) is 4.90. The van der Waals surface area contributed by atoms with Crippen molar-refractivity contribution in [2.24, 2.45) is 0 Å². The summed E-state index contributed by atoms with van der Waals surface area (Å²) < 4.78 is 0. The van der Waals surface area contributed by atoms with Crippen LogP contribution >= 0.6 is 0 Å². The molecule has 2 heterocycles. The molecular weight excluding hydrogens is 298 g/mol. The second kappa shape index (κ2) is 6.48. The lowest BCUT2D eigenvalue weighted by atomic mass is 9.94. The minimum atomic E-state index is 0.120. The molecule has 0 radical (unpaired) electrons. The van der Waals surface area contributed by atoms with E-state index in [-0.39, 0.29) is 5.91 Å². The van der Waals surface area contributed by atoms with Crippen LogP contribution in [0.4, 0.5) is 0 Å². The van der Waals surface area contributed by atoms with E-state index in [0.717, 1.165) is 42.5 Å². The summed E-state index contributed by atoms with van der Waals surface area (Å²) in [5.74, 6) is 0.544. The van der Waals surface area contributed by atoms with Crippen LogP contribution in [-0.4, -0.2) is 33.9 Å². The Hall–Kier alpha value is -2.62. The molecule has 1 amide bonds. The molecule has 24 heavy (non-hydrogen) atoms. The van der Waals surface area contributed by atoms with Crippen LogP contribution in [0.3, 0.4) is 0 Å². The van der Waals surface area contributed by atoms with Crippen LogP contribution < -0.4 is 0 Å². The minimum absolute atomic E-state index is 0.120. The van der Waals surface area contributed by atoms with Crippen LogP contribution in [-0.2, 0) is 0 Å². The maximum atomic E-state index is 13.0. The van der Waals surface area contributed by atoms with Crippen molar-refractivity contribution in [2.75, 3.05) is 13.1 Å². The van der Waals surface area contributed by atoms with E-state index in [1.807, 2.05) is 29.2 Å². The van der Waals surface area contributed by atoms with Gasteiger partial charge in [-0.1, -0.05) is 36.8 Å². The highest BCUT2D eigenvalue weighted by Crippen LogP contribution is 2.27. The molecule has 2 aromatic carbocycles. The molecule has 4 heteroatoms. The van der Waals surface area contributed by atoms with Crippen molar-refractivity contribution in [1.82, 2.24) is 14.9 Å². The summed E-state index contributed by atoms with van der Waals surface area (Å²) in [5.41, 5.74) is 3.88. The molecule has 1 fully saturated rings. The maximum absolute atomic E-state index is 13.0. The lowest BCUT2D eigenvalue weighted by molar-refractivity contribution is 0.0754. The number of H-pyrrole nitrogens is 1. The number of aromatic nitrogens is 2. The standard InChI is InChI=1S/C20H21N3O/c24-20(16-9-10-18-19(12-16)22-14-21-18)23-11-5-4-8-17(13-23)15-6-2-1-3-7-15/h1-3,6-7,9-10,12,14,17H,4-5,8,11,13H2,(H,21,22). The highest BCUT2D eigenvalue weighted by atomic mass is 16.2. The molecule has 122 valence electrons. The van der Waals surface area contributed by atoms with E-state index in [2.05, 4.69) is 34.2 Å². The predicted molar refractivity (Wildman–Crippen MR) is 95.0 cm³/mol. The maximum Gasteiger partial charge on any atom is 0.253 e. The van der Waals surface area contributed by atoms with Gasteiger partial charge in [-0.3, -0.25) is 4.79 Å². The van der Waals surface area contributed by atoms with Gasteiger partial charge in [-0.05, 0) is 36.6 Å². The van der Waals surface area contributed by atoms with E-state index in [0.29, 0.717) is 5.92 Å². The van der Waals surface area contributed by atoms with Gasteiger partial charge >= 0.3 is 0 Å². The lowest BCUT2D eigenvalue weighted by Crippen LogP contribution is -2.34. The summed E-state index contributed by atoms with van der Waals surface area (Å²) in [5, 5.41) is 0. The number of hydrogen-bond donors (Lipinski definition) is 1. The second-order valence-electron chi connectivity index (χ2n) is 6.49. The zero-order valence-corrected chi connectivity index (χ0v) is 13.6. The molecule has 0 spiro atoms. The van der Waals surface area contributed by atoms with Crippen LogP contribution in [0.1, 0.15) is 41.1 Å². The van der Waals surface area contributed by atoms with Crippen molar-refractivity contribution < 1.29 is 4.79 Å². The first-order valence-corrected chi connectivity index (χ1v) is 8.58. The number of hydrogen-bond acceptors (Lipinski definition) is 2. The van der Waals surface area contributed by atoms with Gasteiger partial charge in [0.15, 0.2) is 0 Å². The Balaban J connectivity index is 1.58. The monoisotopic (exact) mass is 319 g/mol. The number of fused-ring (bicyclic) bond motifs is 1. The average molecular weight is 319 g/mol. The number of benzene rings is 2. The Labute approximate surface area is 141 Å². The molecule has 1 aliphatic rings. The lowest BCUT2D eigenvalue weighted by Gasteiger charge is -2.25. The molecule has 4 nitrogen and oxygen atoms in total. The largest absolute Gasteiger partial charge is 0.345 e. The number of carbonyl (C=O) groups excluding carboxylic acids is 1. The van der Waals surface area contributed by atoms with Gasteiger partial charge in [0, 0.05) is 24.6 Å². The quantitative estimate of drug-likeness (QED) is 0.777. The summed E-state index contributed by atoms with van der Waals surface area (Å²) in [7, 11) is 0. The van der Waals surface area contributed by atoms with Crippen LogP contribution in [0.2, 0.25) is 0 Å². The molecule has 1 saturated heterocycles. The molecule has 0 aliphatic carbocycles. The number of nitrogens with zero attached hydrogens (tertiary/aromatic N) is 2. The van der Waals surface area contributed by atoms with Gasteiger partial charge in [-0.2, -0.15) is 0 Å². The number of nitrogens with one attached hydrogen (secondary N) is 1. The smallest absolute Gasteiger partial charge is 0.253 e. The highest BCUT2D eigenvalue weighted by molar-refractivity contribution is 5.97. The number of likely N-dealkylation sites (tertiary alicyclic amines) is 1. The first kappa shape index (κ1) is 14.9. The van der Waals surface area contributed by atoms with Gasteiger partial charge in [0.2, 0.25) is 0 Å². The topological polar surface area (TPSA) is 49.0 Å². The van der Waals surface area contributed by atoms with Crippen molar-refractivity contribution in [2.45, 2.75) is 25.2 Å². The number of amides is 1. The first-order valence-electron chi connectivity index (χ1n) is 8.58. The zero-order chi connectivity index (χ0) is 16.4. The highest BCUT2D eigenvalue weighted by Gasteiger charge is 2.24. The van der Waals surface area contributed by atoms with Crippen LogP contribution in [0, 0.1) is 0 Å². The number of rotatable bonds is 2. The Morgan fingerprint density at radius 3 is 2.88 bits per heavy atom. The van der Waals surface area contributed by atoms with Gasteiger partial charge in [0.05, 0.1) is 17.4 Å². The number of imidazole rings is 1. The number of aromatic amines is 1. The average Bonchev–Trinajstić information content (AvgIpc) is 2.96. The summed E-state index contributed by atoms with van der Waals surface area (Å²) in [6.45, 7) is 1.63. The fourth-order valence-corrected chi connectivity index (χ4v) is 3.57. The van der Waals surface area contributed by atoms with Crippen molar-refractivity contribution in [1.29, 1.82) is 0 Å². The second-order valence-corrected chi connectivity index (χ2v) is 6.49. The zero-order valence-electron chi connectivity index (χ0n) is 13.6. The van der Waals surface area contributed by atoms with E-state index < -0.39 is 0 Å². The Kier molecular flexibility index (Phi) is 4.03. The van der Waals surface area contributed by atoms with E-state index in [1.54, 1.807) is 6.33 Å². The molecule has 1 atom stereocenters. The third-order valence-corrected chi connectivity index (χ3v) is 4.90. The predicted octanol–water partition coefficient (Wildman–Crippen LogP) is 3.97. The van der Waals surface area contributed by atoms with Crippen molar-refractivity contribution in [3.8, 4) is 0 Å². The molecule has 4 rings (SSSR count). The van der Waals surface area contributed by atoms with E-state index in [9.17, 15) is 4.79 Å². The van der Waals surface area contributed by atoms with E-state index in [4.69, 9.17) is 0 Å². The summed E-state index contributed by atoms with van der Waals surface area (Å²) >= 11 is 0. The van der Waals surface area contributed by atoms with Gasteiger partial charge in [0.1, 0.15) is 0 Å². The van der Waals surface area contributed by atoms with Crippen molar-refractivity contribution in [3.05, 3.63) is 66.0 Å². The van der Waals surface area contributed by atoms with Crippen molar-refractivity contribution in [3.63, 3.8) is 0 Å². The molecule has 1 aromatic heterocycles. The van der Waals surface area contributed by atoms with Crippen LogP contribution in [0.5, 0.6) is 0 Å². The molecule has 1 N–H and O–H groups in total. The van der Waals surface area contributed by atoms with Crippen molar-refractivity contribution >= 4 is 16.9 Å². The molecular formula is C20H21N3O. The minimum Gasteiger partial charge on any atom is -0.345 e. The Morgan fingerprint density at radius 2 is 2.00 bits per heavy atom. The number of carbonyl (C=O) groups is 1.